The van der Waals surface area contributed by atoms with E-state index in [1.54, 1.807) is 0 Å². The fourth-order valence-corrected chi connectivity index (χ4v) is 3.85. The molecule has 2 fully saturated rings. The van der Waals surface area contributed by atoms with Crippen LogP contribution in [-0.4, -0.2) is 54.1 Å². The van der Waals surface area contributed by atoms with Crippen molar-refractivity contribution in [1.82, 2.24) is 9.88 Å². The second-order valence-electron chi connectivity index (χ2n) is 8.27. The highest BCUT2D eigenvalue weighted by molar-refractivity contribution is 6.31. The first-order valence-corrected chi connectivity index (χ1v) is 10.3. The van der Waals surface area contributed by atoms with Crippen molar-refractivity contribution in [3.05, 3.63) is 35.5 Å². The average Bonchev–Trinajstić information content (AvgIpc) is 2.69. The Hall–Kier alpha value is -1.44. The number of anilines is 1. The Morgan fingerprint density at radius 2 is 2.00 bits per heavy atom. The number of aromatic nitrogens is 1. The molecule has 0 saturated carbocycles. The molecule has 3 heterocycles. The van der Waals surface area contributed by atoms with Crippen LogP contribution in [0.1, 0.15) is 33.1 Å². The summed E-state index contributed by atoms with van der Waals surface area (Å²) >= 11 is 6.06. The summed E-state index contributed by atoms with van der Waals surface area (Å²) in [5.74, 6) is -0.554. The van der Waals surface area contributed by atoms with Gasteiger partial charge in [0.1, 0.15) is 5.60 Å². The molecule has 6 nitrogen and oxygen atoms in total. The summed E-state index contributed by atoms with van der Waals surface area (Å²) in [5, 5.41) is 5.34. The third kappa shape index (κ3) is 4.58. The highest BCUT2D eigenvalue weighted by Gasteiger charge is 2.44. The van der Waals surface area contributed by atoms with Crippen molar-refractivity contribution in [1.29, 1.82) is 0 Å². The van der Waals surface area contributed by atoms with Gasteiger partial charge in [-0.3, -0.25) is 4.98 Å². The fourth-order valence-electron chi connectivity index (χ4n) is 3.69. The van der Waals surface area contributed by atoms with E-state index >= 15 is 0 Å². The van der Waals surface area contributed by atoms with E-state index in [0.717, 1.165) is 62.0 Å². The molecule has 28 heavy (non-hydrogen) atoms. The van der Waals surface area contributed by atoms with Crippen LogP contribution < -0.4 is 5.32 Å². The predicted octanol–water partition coefficient (Wildman–Crippen LogP) is 4.24. The number of pyridine rings is 1. The summed E-state index contributed by atoms with van der Waals surface area (Å²) in [6, 6.07) is 7.83. The Kier molecular flexibility index (Phi) is 5.76. The highest BCUT2D eigenvalue weighted by atomic mass is 35.5. The molecule has 1 aromatic heterocycles. The molecule has 0 unspecified atom stereocenters. The number of nitrogens with one attached hydrogen (secondary N) is 1. The van der Waals surface area contributed by atoms with Gasteiger partial charge in [-0.15, -0.1) is 0 Å². The van der Waals surface area contributed by atoms with Crippen LogP contribution in [0.3, 0.4) is 0 Å². The van der Waals surface area contributed by atoms with Crippen LogP contribution >= 0.6 is 11.6 Å². The maximum Gasteiger partial charge on any atom is 0.204 e. The fraction of sp³-hybridized carbons (Fsp3) is 0.571. The van der Waals surface area contributed by atoms with Crippen LogP contribution in [0.4, 0.5) is 5.69 Å². The number of hydrogen-bond acceptors (Lipinski definition) is 6. The van der Waals surface area contributed by atoms with Crippen molar-refractivity contribution in [2.75, 3.05) is 38.1 Å². The van der Waals surface area contributed by atoms with Crippen molar-refractivity contribution in [3.63, 3.8) is 0 Å². The lowest BCUT2D eigenvalue weighted by atomic mass is 10.0. The first-order chi connectivity index (χ1) is 13.4. The van der Waals surface area contributed by atoms with Crippen LogP contribution in [0.5, 0.6) is 0 Å². The maximum absolute atomic E-state index is 6.06. The van der Waals surface area contributed by atoms with Crippen molar-refractivity contribution in [2.45, 2.75) is 44.5 Å². The maximum atomic E-state index is 6.06. The monoisotopic (exact) mass is 405 g/mol. The molecular weight excluding hydrogens is 378 g/mol. The van der Waals surface area contributed by atoms with E-state index in [1.807, 2.05) is 44.3 Å². The van der Waals surface area contributed by atoms with Gasteiger partial charge in [0.05, 0.1) is 12.1 Å². The van der Waals surface area contributed by atoms with E-state index in [9.17, 15) is 0 Å². The number of hydrogen-bond donors (Lipinski definition) is 1. The lowest BCUT2D eigenvalue weighted by molar-refractivity contribution is -0.511. The smallest absolute Gasteiger partial charge is 0.204 e. The molecule has 0 atom stereocenters. The van der Waals surface area contributed by atoms with Gasteiger partial charge in [-0.2, -0.15) is 0 Å². The minimum Gasteiger partial charge on any atom is -0.384 e. The molecule has 0 aliphatic carbocycles. The molecule has 2 aromatic rings. The zero-order valence-electron chi connectivity index (χ0n) is 16.5. The third-order valence-electron chi connectivity index (χ3n) is 5.39. The van der Waals surface area contributed by atoms with Crippen LogP contribution in [-0.2, 0) is 14.5 Å². The lowest BCUT2D eigenvalue weighted by Gasteiger charge is -2.45. The van der Waals surface area contributed by atoms with Crippen molar-refractivity contribution in [2.24, 2.45) is 0 Å². The number of halogens is 1. The van der Waals surface area contributed by atoms with Gasteiger partial charge in [0.15, 0.2) is 0 Å². The topological polar surface area (TPSA) is 55.9 Å². The Labute approximate surface area is 171 Å². The molecule has 1 spiro atoms. The molecule has 2 aliphatic heterocycles. The summed E-state index contributed by atoms with van der Waals surface area (Å²) in [4.78, 5) is 18.0. The summed E-state index contributed by atoms with van der Waals surface area (Å²) in [6.07, 6.45) is 4.56. The molecule has 4 rings (SSSR count). The second-order valence-corrected chi connectivity index (χ2v) is 8.70. The first kappa shape index (κ1) is 19.9. The molecule has 0 bridgehead atoms. The van der Waals surface area contributed by atoms with Crippen LogP contribution in [0, 0.1) is 0 Å². The average molecular weight is 406 g/mol. The van der Waals surface area contributed by atoms with E-state index in [4.69, 9.17) is 26.1 Å². The zero-order chi connectivity index (χ0) is 19.6. The third-order valence-corrected chi connectivity index (χ3v) is 5.63. The van der Waals surface area contributed by atoms with E-state index in [0.29, 0.717) is 11.6 Å². The van der Waals surface area contributed by atoms with E-state index < -0.39 is 5.79 Å². The van der Waals surface area contributed by atoms with Crippen LogP contribution in [0.15, 0.2) is 30.5 Å². The number of fused-ring (bicyclic) bond motifs is 1. The predicted molar refractivity (Wildman–Crippen MR) is 110 cm³/mol. The van der Waals surface area contributed by atoms with Gasteiger partial charge >= 0.3 is 0 Å². The van der Waals surface area contributed by atoms with Gasteiger partial charge in [-0.25, -0.2) is 9.78 Å². The van der Waals surface area contributed by atoms with Gasteiger partial charge in [-0.1, -0.05) is 11.6 Å². The Morgan fingerprint density at radius 1 is 1.18 bits per heavy atom. The molecule has 2 aliphatic rings. The van der Waals surface area contributed by atoms with Crippen LogP contribution in [0.2, 0.25) is 5.02 Å². The number of benzene rings is 1. The SMILES string of the molecule is CC1(C)COC2(CCN(CCCNc3ccnc4cc(Cl)ccc34)CC2)OO1. The molecule has 0 radical (unpaired) electrons. The number of ether oxygens (including phenoxy) is 1. The summed E-state index contributed by atoms with van der Waals surface area (Å²) in [5.41, 5.74) is 1.65. The van der Waals surface area contributed by atoms with Gasteiger partial charge < -0.3 is 15.0 Å². The molecule has 7 heteroatoms. The second kappa shape index (κ2) is 8.13. The standard InChI is InChI=1S/C21H28ClN3O3/c1-20(2)15-26-21(28-27-20)7-12-25(13-8-21)11-3-9-23-18-6-10-24-19-14-16(22)4-5-17(18)19/h4-6,10,14H,3,7-9,11-13,15H2,1-2H3,(H,23,24). The van der Waals surface area contributed by atoms with Gasteiger partial charge in [0.2, 0.25) is 5.79 Å². The minimum atomic E-state index is -0.554. The molecule has 152 valence electrons. The lowest BCUT2D eigenvalue weighted by Crippen LogP contribution is -2.54. The largest absolute Gasteiger partial charge is 0.384 e. The first-order valence-electron chi connectivity index (χ1n) is 9.96. The Morgan fingerprint density at radius 3 is 2.75 bits per heavy atom. The van der Waals surface area contributed by atoms with Gasteiger partial charge in [0.25, 0.3) is 0 Å². The zero-order valence-corrected chi connectivity index (χ0v) is 17.3. The van der Waals surface area contributed by atoms with E-state index in [2.05, 4.69) is 15.2 Å². The van der Waals surface area contributed by atoms with Crippen molar-refractivity contribution in [3.8, 4) is 0 Å². The molecule has 0 amide bonds. The highest BCUT2D eigenvalue weighted by Crippen LogP contribution is 2.34. The van der Waals surface area contributed by atoms with Crippen LogP contribution in [0.25, 0.3) is 10.9 Å². The van der Waals surface area contributed by atoms with Gasteiger partial charge in [-0.05, 0) is 51.1 Å². The van der Waals surface area contributed by atoms with Gasteiger partial charge in [0, 0.05) is 54.8 Å². The Balaban J connectivity index is 1.22. The molecule has 1 N–H and O–H groups in total. The number of rotatable bonds is 5. The summed E-state index contributed by atoms with van der Waals surface area (Å²) in [6.45, 7) is 8.39. The minimum absolute atomic E-state index is 0.365. The molecule has 1 aromatic carbocycles. The molecule has 2 saturated heterocycles. The number of nitrogens with zero attached hydrogens (tertiary/aromatic N) is 2. The number of piperidine rings is 1. The van der Waals surface area contributed by atoms with E-state index in [-0.39, 0.29) is 5.60 Å². The number of likely N-dealkylation sites (tertiary alicyclic amines) is 1. The van der Waals surface area contributed by atoms with Crippen molar-refractivity contribution < 1.29 is 14.5 Å². The van der Waals surface area contributed by atoms with Crippen molar-refractivity contribution >= 4 is 28.2 Å². The normalized spacial score (nSPS) is 21.8. The summed E-state index contributed by atoms with van der Waals surface area (Å²) < 4.78 is 6.00. The summed E-state index contributed by atoms with van der Waals surface area (Å²) in [7, 11) is 0. The van der Waals surface area contributed by atoms with E-state index in [1.165, 1.54) is 0 Å². The Bertz CT molecular complexity index is 810. The molecular formula is C21H28ClN3O3. The quantitative estimate of drug-likeness (QED) is 0.593.